The van der Waals surface area contributed by atoms with Crippen molar-refractivity contribution < 1.29 is 0 Å². The topological polar surface area (TPSA) is 3.24 Å². The van der Waals surface area contributed by atoms with Crippen molar-refractivity contribution >= 4 is 0 Å². The lowest BCUT2D eigenvalue weighted by Gasteiger charge is -2.78. The van der Waals surface area contributed by atoms with Gasteiger partial charge >= 0.3 is 0 Å². The molecular formula is C12H21N. The van der Waals surface area contributed by atoms with Gasteiger partial charge in [0, 0.05) is 16.6 Å². The van der Waals surface area contributed by atoms with Crippen molar-refractivity contribution in [1.82, 2.24) is 4.90 Å². The van der Waals surface area contributed by atoms with Crippen LogP contribution in [0.15, 0.2) is 0 Å². The van der Waals surface area contributed by atoms with E-state index in [1.165, 1.54) is 38.5 Å². The maximum absolute atomic E-state index is 2.85. The summed E-state index contributed by atoms with van der Waals surface area (Å²) in [7, 11) is 0. The normalized spacial score (nSPS) is 60.2. The van der Waals surface area contributed by atoms with E-state index in [-0.39, 0.29) is 0 Å². The average molecular weight is 179 g/mol. The minimum absolute atomic E-state index is 0.582. The largest absolute Gasteiger partial charge is 0.287 e. The minimum Gasteiger partial charge on any atom is -0.287 e. The van der Waals surface area contributed by atoms with Crippen LogP contribution in [-0.4, -0.2) is 21.5 Å². The average Bonchev–Trinajstić information content (AvgIpc) is 1.97. The Morgan fingerprint density at radius 1 is 0.769 bits per heavy atom. The van der Waals surface area contributed by atoms with Gasteiger partial charge in [0.1, 0.15) is 0 Å². The number of piperidine rings is 1. The smallest absolute Gasteiger partial charge is 0.0227 e. The number of nitrogens with zero attached hydrogens (tertiary/aromatic N) is 1. The van der Waals surface area contributed by atoms with Gasteiger partial charge in [0.25, 0.3) is 0 Å². The van der Waals surface area contributed by atoms with Gasteiger partial charge in [-0.2, -0.15) is 0 Å². The summed E-state index contributed by atoms with van der Waals surface area (Å²) in [4.78, 5) is 2.85. The van der Waals surface area contributed by atoms with Crippen molar-refractivity contribution in [3.8, 4) is 0 Å². The van der Waals surface area contributed by atoms with Crippen LogP contribution in [-0.2, 0) is 0 Å². The van der Waals surface area contributed by atoms with Crippen LogP contribution in [0.25, 0.3) is 0 Å². The summed E-state index contributed by atoms with van der Waals surface area (Å²) in [6.07, 6.45) is 8.71. The molecular weight excluding hydrogens is 158 g/mol. The van der Waals surface area contributed by atoms with Crippen LogP contribution in [0.4, 0.5) is 0 Å². The Morgan fingerprint density at radius 3 is 1.62 bits per heavy atom. The molecule has 0 aromatic heterocycles. The lowest BCUT2D eigenvalue weighted by molar-refractivity contribution is -0.276. The number of hydrogen-bond donors (Lipinski definition) is 0. The number of hydrogen-bond acceptors (Lipinski definition) is 1. The lowest BCUT2D eigenvalue weighted by atomic mass is 9.54. The highest BCUT2D eigenvalue weighted by molar-refractivity contribution is 5.26. The molecule has 1 nitrogen and oxygen atoms in total. The zero-order valence-electron chi connectivity index (χ0n) is 9.19. The maximum atomic E-state index is 2.85. The molecule has 3 saturated heterocycles. The van der Waals surface area contributed by atoms with E-state index in [4.69, 9.17) is 0 Å². The molecule has 3 rings (SSSR count). The van der Waals surface area contributed by atoms with Crippen LogP contribution < -0.4 is 0 Å². The fourth-order valence-electron chi connectivity index (χ4n) is 5.20. The maximum Gasteiger partial charge on any atom is 0.0227 e. The molecule has 0 aromatic carbocycles. The third-order valence-corrected chi connectivity index (χ3v) is 4.82. The zero-order chi connectivity index (χ0) is 9.32. The Bertz CT molecular complexity index is 238. The summed E-state index contributed by atoms with van der Waals surface area (Å²) in [5.41, 5.74) is 1.77. The Morgan fingerprint density at radius 2 is 1.23 bits per heavy atom. The summed E-state index contributed by atoms with van der Waals surface area (Å²) in [5.74, 6) is 0. The molecule has 13 heavy (non-hydrogen) atoms. The summed E-state index contributed by atoms with van der Waals surface area (Å²) < 4.78 is 0. The molecule has 2 unspecified atom stereocenters. The van der Waals surface area contributed by atoms with Crippen LogP contribution in [0.2, 0.25) is 0 Å². The quantitative estimate of drug-likeness (QED) is 0.552. The molecule has 0 saturated carbocycles. The van der Waals surface area contributed by atoms with Crippen LogP contribution in [0.5, 0.6) is 0 Å². The van der Waals surface area contributed by atoms with E-state index < -0.39 is 0 Å². The van der Waals surface area contributed by atoms with Gasteiger partial charge in [-0.3, -0.25) is 4.90 Å². The second kappa shape index (κ2) is 1.98. The van der Waals surface area contributed by atoms with E-state index in [0.29, 0.717) is 16.6 Å². The van der Waals surface area contributed by atoms with Crippen LogP contribution in [0.1, 0.15) is 59.3 Å². The van der Waals surface area contributed by atoms with Crippen molar-refractivity contribution in [3.63, 3.8) is 0 Å². The molecule has 0 N–H and O–H groups in total. The van der Waals surface area contributed by atoms with Gasteiger partial charge in [-0.1, -0.05) is 12.8 Å². The molecule has 1 heteroatoms. The Labute approximate surface area is 81.5 Å². The first kappa shape index (κ1) is 8.28. The SMILES string of the molecule is CC12CCCCC3(C)CC(C)(C1)N23. The van der Waals surface area contributed by atoms with Crippen molar-refractivity contribution in [2.75, 3.05) is 0 Å². The van der Waals surface area contributed by atoms with Crippen molar-refractivity contribution in [3.05, 3.63) is 0 Å². The molecule has 0 radical (unpaired) electrons. The molecule has 0 spiro atoms. The summed E-state index contributed by atoms with van der Waals surface area (Å²) in [5, 5.41) is 0. The van der Waals surface area contributed by atoms with Gasteiger partial charge in [0.15, 0.2) is 0 Å². The minimum atomic E-state index is 0.582. The third kappa shape index (κ3) is 0.782. The van der Waals surface area contributed by atoms with Crippen molar-refractivity contribution in [2.45, 2.75) is 75.9 Å². The first-order valence-electron chi connectivity index (χ1n) is 5.79. The second-order valence-electron chi connectivity index (χ2n) is 6.39. The standard InChI is InChI=1S/C12H21N/c1-10-6-4-5-7-11(2)9-12(3,8-10)13(10)11/h4-9H2,1-3H3. The predicted octanol–water partition coefficient (Wildman–Crippen LogP) is 2.95. The van der Waals surface area contributed by atoms with Gasteiger partial charge in [-0.15, -0.1) is 0 Å². The van der Waals surface area contributed by atoms with Gasteiger partial charge in [0.2, 0.25) is 0 Å². The molecule has 0 amide bonds. The molecule has 3 aliphatic heterocycles. The third-order valence-electron chi connectivity index (χ3n) is 4.82. The van der Waals surface area contributed by atoms with Gasteiger partial charge in [-0.05, 0) is 46.5 Å². The summed E-state index contributed by atoms with van der Waals surface area (Å²) in [6.45, 7) is 7.43. The summed E-state index contributed by atoms with van der Waals surface area (Å²) in [6, 6.07) is 0. The molecule has 3 heterocycles. The van der Waals surface area contributed by atoms with Gasteiger partial charge in [0.05, 0.1) is 0 Å². The first-order chi connectivity index (χ1) is 5.99. The zero-order valence-corrected chi connectivity index (χ0v) is 9.19. The fourth-order valence-corrected chi connectivity index (χ4v) is 5.20. The van der Waals surface area contributed by atoms with Crippen LogP contribution in [0, 0.1) is 0 Å². The number of rotatable bonds is 0. The second-order valence-corrected chi connectivity index (χ2v) is 6.39. The van der Waals surface area contributed by atoms with Crippen molar-refractivity contribution in [1.29, 1.82) is 0 Å². The van der Waals surface area contributed by atoms with Crippen molar-refractivity contribution in [2.24, 2.45) is 0 Å². The molecule has 2 atom stereocenters. The van der Waals surface area contributed by atoms with E-state index in [9.17, 15) is 0 Å². The summed E-state index contributed by atoms with van der Waals surface area (Å²) >= 11 is 0. The Hall–Kier alpha value is -0.0400. The first-order valence-corrected chi connectivity index (χ1v) is 5.79. The van der Waals surface area contributed by atoms with Crippen LogP contribution in [0.3, 0.4) is 0 Å². The monoisotopic (exact) mass is 179 g/mol. The van der Waals surface area contributed by atoms with Gasteiger partial charge < -0.3 is 0 Å². The van der Waals surface area contributed by atoms with E-state index in [1.807, 2.05) is 0 Å². The molecule has 0 aromatic rings. The Balaban J connectivity index is 1.96. The van der Waals surface area contributed by atoms with E-state index >= 15 is 0 Å². The van der Waals surface area contributed by atoms with E-state index in [1.54, 1.807) is 0 Å². The molecule has 0 bridgehead atoms. The highest BCUT2D eigenvalue weighted by Gasteiger charge is 2.70. The predicted molar refractivity (Wildman–Crippen MR) is 54.8 cm³/mol. The lowest BCUT2D eigenvalue weighted by Crippen LogP contribution is -2.86. The Kier molecular flexibility index (Phi) is 1.26. The highest BCUT2D eigenvalue weighted by atomic mass is 15.4. The highest BCUT2D eigenvalue weighted by Crippen LogP contribution is 2.65. The molecule has 3 fully saturated rings. The van der Waals surface area contributed by atoms with E-state index in [0.717, 1.165) is 0 Å². The molecule has 0 aliphatic carbocycles. The van der Waals surface area contributed by atoms with Gasteiger partial charge in [-0.25, -0.2) is 0 Å². The fraction of sp³-hybridized carbons (Fsp3) is 1.00. The molecule has 74 valence electrons. The van der Waals surface area contributed by atoms with Crippen LogP contribution >= 0.6 is 0 Å². The molecule has 3 aliphatic rings. The van der Waals surface area contributed by atoms with E-state index in [2.05, 4.69) is 25.7 Å².